The largest absolute Gasteiger partial charge is 0.412 e. The molecule has 1 aliphatic heterocycles. The van der Waals surface area contributed by atoms with Crippen molar-refractivity contribution in [1.29, 1.82) is 0 Å². The number of piperidine rings is 1. The maximum atomic E-state index is 12.8. The molecular weight excluding hydrogens is 593 g/mol. The predicted molar refractivity (Wildman–Crippen MR) is 157 cm³/mol. The number of carbonyl (C=O) groups excluding carboxylic acids is 1. The van der Waals surface area contributed by atoms with E-state index < -0.39 is 0 Å². The Morgan fingerprint density at radius 3 is 2.19 bits per heavy atom. The predicted octanol–water partition coefficient (Wildman–Crippen LogP) is 5.62. The number of aromatic nitrogens is 3. The average molecular weight is 621 g/mol. The number of amides is 1. The van der Waals surface area contributed by atoms with Crippen molar-refractivity contribution in [2.24, 2.45) is 5.92 Å². The summed E-state index contributed by atoms with van der Waals surface area (Å²) < 4.78 is 0. The Bertz CT molecular complexity index is 1040. The van der Waals surface area contributed by atoms with E-state index in [4.69, 9.17) is 23.2 Å². The third-order valence-corrected chi connectivity index (χ3v) is 5.70. The first-order valence-corrected chi connectivity index (χ1v) is 10.8. The van der Waals surface area contributed by atoms with E-state index in [1.807, 2.05) is 24.5 Å². The van der Waals surface area contributed by atoms with Gasteiger partial charge in [0.15, 0.2) is 0 Å². The Kier molecular flexibility index (Phi) is 17.8. The molecule has 8 nitrogen and oxygen atoms in total. The molecule has 4 rings (SSSR count). The van der Waals surface area contributed by atoms with Crippen LogP contribution >= 0.6 is 72.8 Å². The molecule has 4 N–H and O–H groups in total. The van der Waals surface area contributed by atoms with Crippen molar-refractivity contribution >= 4 is 96.1 Å². The zero-order valence-corrected chi connectivity index (χ0v) is 23.7. The quantitative estimate of drug-likeness (QED) is 0.370. The number of nitrogens with one attached hydrogen (secondary N) is 2. The summed E-state index contributed by atoms with van der Waals surface area (Å²) in [6.07, 6.45) is 8.76. The normalized spacial score (nSPS) is 12.3. The summed E-state index contributed by atoms with van der Waals surface area (Å²) >= 11 is 11.9. The lowest BCUT2D eigenvalue weighted by atomic mass is 9.96. The molecular formula is C22H28Cl6N6O2. The SMILES string of the molecule is Cl.Cl.Cl.Cl.O.O=C(Nc1ccc(Cl)cn1)c1cc(Cl)cnc1NCC1CCN(c2ccncc2)CC1. The Labute approximate surface area is 244 Å². The second-order valence-electron chi connectivity index (χ2n) is 7.38. The minimum Gasteiger partial charge on any atom is -0.412 e. The molecule has 0 saturated carbocycles. The van der Waals surface area contributed by atoms with Crippen molar-refractivity contribution in [2.45, 2.75) is 12.8 Å². The van der Waals surface area contributed by atoms with Gasteiger partial charge in [0, 0.05) is 50.1 Å². The van der Waals surface area contributed by atoms with Gasteiger partial charge in [0.05, 0.1) is 15.6 Å². The van der Waals surface area contributed by atoms with E-state index >= 15 is 0 Å². The minimum absolute atomic E-state index is 0. The Hall–Kier alpha value is -1.78. The number of carbonyl (C=O) groups is 1. The zero-order chi connectivity index (χ0) is 21.6. The third-order valence-electron chi connectivity index (χ3n) is 5.27. The molecule has 1 saturated heterocycles. The zero-order valence-electron chi connectivity index (χ0n) is 18.9. The fraction of sp³-hybridized carbons (Fsp3) is 0.273. The van der Waals surface area contributed by atoms with Gasteiger partial charge < -0.3 is 21.0 Å². The van der Waals surface area contributed by atoms with Crippen LogP contribution in [0.1, 0.15) is 23.2 Å². The highest BCUT2D eigenvalue weighted by molar-refractivity contribution is 6.31. The molecule has 14 heteroatoms. The lowest BCUT2D eigenvalue weighted by Crippen LogP contribution is -2.36. The number of hydrogen-bond acceptors (Lipinski definition) is 6. The van der Waals surface area contributed by atoms with Gasteiger partial charge in [-0.2, -0.15) is 0 Å². The number of pyridine rings is 3. The maximum absolute atomic E-state index is 12.8. The number of halogens is 6. The summed E-state index contributed by atoms with van der Waals surface area (Å²) in [7, 11) is 0. The highest BCUT2D eigenvalue weighted by Crippen LogP contribution is 2.24. The van der Waals surface area contributed by atoms with Gasteiger partial charge in [-0.05, 0) is 49.1 Å². The van der Waals surface area contributed by atoms with Crippen LogP contribution in [0.3, 0.4) is 0 Å². The fourth-order valence-electron chi connectivity index (χ4n) is 3.58. The van der Waals surface area contributed by atoms with Crippen LogP contribution in [0, 0.1) is 5.92 Å². The lowest BCUT2D eigenvalue weighted by molar-refractivity contribution is 0.102. The van der Waals surface area contributed by atoms with E-state index in [9.17, 15) is 4.79 Å². The Balaban J connectivity index is 0. The van der Waals surface area contributed by atoms with Gasteiger partial charge in [-0.1, -0.05) is 23.2 Å². The van der Waals surface area contributed by atoms with E-state index in [0.29, 0.717) is 33.2 Å². The minimum atomic E-state index is -0.333. The Morgan fingerprint density at radius 1 is 0.944 bits per heavy atom. The first kappa shape index (κ1) is 36.4. The highest BCUT2D eigenvalue weighted by Gasteiger charge is 2.21. The summed E-state index contributed by atoms with van der Waals surface area (Å²) in [5.74, 6) is 1.07. The van der Waals surface area contributed by atoms with Gasteiger partial charge in [-0.15, -0.1) is 49.6 Å². The monoisotopic (exact) mass is 618 g/mol. The molecule has 3 aromatic rings. The lowest BCUT2D eigenvalue weighted by Gasteiger charge is -2.33. The molecule has 1 aliphatic rings. The average Bonchev–Trinajstić information content (AvgIpc) is 2.80. The van der Waals surface area contributed by atoms with Crippen LogP contribution in [-0.2, 0) is 0 Å². The standard InChI is InChI=1S/C22H22Cl2N6O.4ClH.H2O/c23-16-1-2-20(26-13-16)29-22(31)19-11-17(24)14-28-21(19)27-12-15-5-9-30(10-6-15)18-3-7-25-8-4-18;;;;;/h1-4,7-8,11,13-15H,5-6,9-10,12H2,(H,27,28)(H,26,29,31);4*1H;1H2. The molecule has 1 amide bonds. The van der Waals surface area contributed by atoms with Crippen LogP contribution in [0.4, 0.5) is 17.3 Å². The van der Waals surface area contributed by atoms with Crippen molar-refractivity contribution in [3.05, 3.63) is 70.7 Å². The van der Waals surface area contributed by atoms with Crippen molar-refractivity contribution in [3.63, 3.8) is 0 Å². The van der Waals surface area contributed by atoms with Gasteiger partial charge >= 0.3 is 0 Å². The third kappa shape index (κ3) is 9.94. The Morgan fingerprint density at radius 2 is 1.58 bits per heavy atom. The van der Waals surface area contributed by atoms with Crippen LogP contribution in [0.5, 0.6) is 0 Å². The van der Waals surface area contributed by atoms with Gasteiger partial charge in [-0.3, -0.25) is 9.78 Å². The van der Waals surface area contributed by atoms with Crippen LogP contribution in [0.25, 0.3) is 0 Å². The van der Waals surface area contributed by atoms with Gasteiger partial charge in [0.25, 0.3) is 5.91 Å². The number of nitrogens with zero attached hydrogens (tertiary/aromatic N) is 4. The summed E-state index contributed by atoms with van der Waals surface area (Å²) in [6, 6.07) is 8.99. The first-order valence-electron chi connectivity index (χ1n) is 10.1. The van der Waals surface area contributed by atoms with Gasteiger partial charge in [0.2, 0.25) is 0 Å². The van der Waals surface area contributed by atoms with E-state index in [-0.39, 0.29) is 61.0 Å². The molecule has 0 radical (unpaired) electrons. The van der Waals surface area contributed by atoms with E-state index in [2.05, 4.69) is 30.5 Å². The number of rotatable bonds is 6. The molecule has 200 valence electrons. The maximum Gasteiger partial charge on any atom is 0.260 e. The molecule has 0 spiro atoms. The van der Waals surface area contributed by atoms with Crippen molar-refractivity contribution in [2.75, 3.05) is 35.2 Å². The van der Waals surface area contributed by atoms with Gasteiger partial charge in [-0.25, -0.2) is 9.97 Å². The second-order valence-corrected chi connectivity index (χ2v) is 8.26. The molecule has 4 heterocycles. The molecule has 0 bridgehead atoms. The van der Waals surface area contributed by atoms with E-state index in [1.165, 1.54) is 18.1 Å². The topological polar surface area (TPSA) is 115 Å². The van der Waals surface area contributed by atoms with Crippen LogP contribution < -0.4 is 15.5 Å². The van der Waals surface area contributed by atoms with E-state index in [1.54, 1.807) is 18.2 Å². The molecule has 0 atom stereocenters. The molecule has 0 aliphatic carbocycles. The van der Waals surface area contributed by atoms with Crippen LogP contribution in [0.15, 0.2) is 55.1 Å². The summed E-state index contributed by atoms with van der Waals surface area (Å²) in [5.41, 5.74) is 1.58. The fourth-order valence-corrected chi connectivity index (χ4v) is 3.85. The highest BCUT2D eigenvalue weighted by atomic mass is 35.5. The number of anilines is 3. The smallest absolute Gasteiger partial charge is 0.260 e. The molecule has 0 aromatic carbocycles. The number of hydrogen-bond donors (Lipinski definition) is 2. The van der Waals surface area contributed by atoms with E-state index in [0.717, 1.165) is 32.5 Å². The van der Waals surface area contributed by atoms with Crippen molar-refractivity contribution in [1.82, 2.24) is 15.0 Å². The summed E-state index contributed by atoms with van der Waals surface area (Å²) in [4.78, 5) is 27.7. The van der Waals surface area contributed by atoms with Crippen molar-refractivity contribution in [3.8, 4) is 0 Å². The van der Waals surface area contributed by atoms with Gasteiger partial charge in [0.1, 0.15) is 11.6 Å². The van der Waals surface area contributed by atoms with Crippen LogP contribution in [0.2, 0.25) is 10.0 Å². The molecule has 36 heavy (non-hydrogen) atoms. The molecule has 1 fully saturated rings. The van der Waals surface area contributed by atoms with Crippen molar-refractivity contribution < 1.29 is 10.3 Å². The molecule has 3 aromatic heterocycles. The second kappa shape index (κ2) is 17.6. The van der Waals surface area contributed by atoms with Crippen LogP contribution in [-0.4, -0.2) is 46.0 Å². The molecule has 0 unspecified atom stereocenters. The summed E-state index contributed by atoms with van der Waals surface area (Å²) in [6.45, 7) is 2.71. The summed E-state index contributed by atoms with van der Waals surface area (Å²) in [5, 5.41) is 6.99. The first-order chi connectivity index (χ1) is 15.1.